The van der Waals surface area contributed by atoms with Crippen LogP contribution in [0, 0.1) is 11.8 Å². The fraction of sp³-hybridized carbons (Fsp3) is 0.533. The van der Waals surface area contributed by atoms with Crippen LogP contribution in [0.4, 0.5) is 4.39 Å². The van der Waals surface area contributed by atoms with Crippen molar-refractivity contribution in [1.82, 2.24) is 20.0 Å². The van der Waals surface area contributed by atoms with Crippen LogP contribution in [-0.4, -0.2) is 75.8 Å². The number of halogens is 1. The number of aromatic nitrogens is 2. The van der Waals surface area contributed by atoms with Gasteiger partial charge in [0.25, 0.3) is 11.8 Å². The van der Waals surface area contributed by atoms with Gasteiger partial charge in [-0.3, -0.25) is 14.7 Å². The number of alkyl halides is 1. The SMILES string of the molecule is CC1=NC(N2CC3CN(C(=O)c4ccn[nH]4)CC3C2)=NC(=O)C1F. The summed E-state index contributed by atoms with van der Waals surface area (Å²) in [5.74, 6) is 0.0622. The topological polar surface area (TPSA) is 94.0 Å². The predicted molar refractivity (Wildman–Crippen MR) is 83.5 cm³/mol. The van der Waals surface area contributed by atoms with Crippen molar-refractivity contribution in [2.45, 2.75) is 13.1 Å². The molecule has 0 aromatic carbocycles. The first-order valence-electron chi connectivity index (χ1n) is 7.88. The van der Waals surface area contributed by atoms with E-state index in [2.05, 4.69) is 20.2 Å². The molecule has 3 aliphatic rings. The molecular formula is C15H17FN6O2. The Balaban J connectivity index is 1.43. The Morgan fingerprint density at radius 1 is 1.25 bits per heavy atom. The lowest BCUT2D eigenvalue weighted by Crippen LogP contribution is -2.38. The molecule has 3 aliphatic heterocycles. The number of likely N-dealkylation sites (tertiary alicyclic amines) is 2. The second-order valence-electron chi connectivity index (χ2n) is 6.47. The largest absolute Gasteiger partial charge is 0.340 e. The highest BCUT2D eigenvalue weighted by molar-refractivity contribution is 6.16. The number of rotatable bonds is 1. The smallest absolute Gasteiger partial charge is 0.289 e. The summed E-state index contributed by atoms with van der Waals surface area (Å²) in [4.78, 5) is 35.5. The maximum Gasteiger partial charge on any atom is 0.289 e. The summed E-state index contributed by atoms with van der Waals surface area (Å²) in [6.45, 7) is 4.12. The Bertz CT molecular complexity index is 729. The number of hydrogen-bond donors (Lipinski definition) is 1. The second-order valence-corrected chi connectivity index (χ2v) is 6.47. The van der Waals surface area contributed by atoms with Gasteiger partial charge in [-0.1, -0.05) is 0 Å². The molecule has 0 radical (unpaired) electrons. The van der Waals surface area contributed by atoms with Crippen LogP contribution in [-0.2, 0) is 4.79 Å². The van der Waals surface area contributed by atoms with Gasteiger partial charge in [-0.05, 0) is 13.0 Å². The number of carbonyl (C=O) groups is 2. The molecule has 0 spiro atoms. The summed E-state index contributed by atoms with van der Waals surface area (Å²) in [6, 6.07) is 1.66. The molecular weight excluding hydrogens is 315 g/mol. The van der Waals surface area contributed by atoms with Crippen molar-refractivity contribution < 1.29 is 14.0 Å². The fourth-order valence-electron chi connectivity index (χ4n) is 3.58. The summed E-state index contributed by atoms with van der Waals surface area (Å²) >= 11 is 0. The van der Waals surface area contributed by atoms with Gasteiger partial charge < -0.3 is 9.80 Å². The lowest BCUT2D eigenvalue weighted by molar-refractivity contribution is -0.120. The first-order chi connectivity index (χ1) is 11.5. The number of H-pyrrole nitrogens is 1. The van der Waals surface area contributed by atoms with Gasteiger partial charge in [0.2, 0.25) is 12.1 Å². The van der Waals surface area contributed by atoms with Gasteiger partial charge in [0, 0.05) is 44.2 Å². The summed E-state index contributed by atoms with van der Waals surface area (Å²) in [7, 11) is 0. The van der Waals surface area contributed by atoms with Crippen LogP contribution in [0.1, 0.15) is 17.4 Å². The molecule has 4 rings (SSSR count). The molecule has 3 unspecified atom stereocenters. The Morgan fingerprint density at radius 3 is 2.54 bits per heavy atom. The molecule has 24 heavy (non-hydrogen) atoms. The average molecular weight is 332 g/mol. The summed E-state index contributed by atoms with van der Waals surface area (Å²) < 4.78 is 13.5. The Hall–Kier alpha value is -2.58. The minimum atomic E-state index is -1.72. The van der Waals surface area contributed by atoms with E-state index in [4.69, 9.17) is 0 Å². The number of nitrogens with one attached hydrogen (secondary N) is 1. The maximum absolute atomic E-state index is 13.5. The minimum absolute atomic E-state index is 0.0484. The van der Waals surface area contributed by atoms with E-state index in [0.717, 1.165) is 0 Å². The molecule has 126 valence electrons. The highest BCUT2D eigenvalue weighted by Crippen LogP contribution is 2.32. The molecule has 0 bridgehead atoms. The van der Waals surface area contributed by atoms with Crippen molar-refractivity contribution in [1.29, 1.82) is 0 Å². The third-order valence-electron chi connectivity index (χ3n) is 4.86. The molecule has 8 nitrogen and oxygen atoms in total. The van der Waals surface area contributed by atoms with Gasteiger partial charge in [-0.25, -0.2) is 9.38 Å². The van der Waals surface area contributed by atoms with Gasteiger partial charge in [0.1, 0.15) is 5.69 Å². The number of aromatic amines is 1. The Morgan fingerprint density at radius 2 is 1.96 bits per heavy atom. The van der Waals surface area contributed by atoms with E-state index >= 15 is 0 Å². The third kappa shape index (κ3) is 2.40. The molecule has 2 fully saturated rings. The van der Waals surface area contributed by atoms with Crippen molar-refractivity contribution in [3.05, 3.63) is 18.0 Å². The quantitative estimate of drug-likeness (QED) is 0.790. The van der Waals surface area contributed by atoms with Gasteiger partial charge in [-0.2, -0.15) is 10.1 Å². The van der Waals surface area contributed by atoms with Crippen LogP contribution >= 0.6 is 0 Å². The number of fused-ring (bicyclic) bond motifs is 1. The zero-order chi connectivity index (χ0) is 16.8. The Kier molecular flexibility index (Phi) is 3.43. The first kappa shape index (κ1) is 15.0. The van der Waals surface area contributed by atoms with E-state index in [1.54, 1.807) is 12.3 Å². The summed E-state index contributed by atoms with van der Waals surface area (Å²) in [5, 5.41) is 6.50. The normalized spacial score (nSPS) is 29.6. The monoisotopic (exact) mass is 332 g/mol. The van der Waals surface area contributed by atoms with E-state index in [-0.39, 0.29) is 11.6 Å². The molecule has 4 heterocycles. The van der Waals surface area contributed by atoms with Crippen molar-refractivity contribution in [2.75, 3.05) is 26.2 Å². The number of hydrogen-bond acceptors (Lipinski definition) is 5. The number of guanidine groups is 1. The first-order valence-corrected chi connectivity index (χ1v) is 7.88. The second kappa shape index (κ2) is 5.50. The van der Waals surface area contributed by atoms with Crippen molar-refractivity contribution >= 4 is 23.5 Å². The molecule has 3 atom stereocenters. The highest BCUT2D eigenvalue weighted by atomic mass is 19.1. The van der Waals surface area contributed by atoms with E-state index in [1.165, 1.54) is 6.92 Å². The number of carbonyl (C=O) groups excluding carboxylic acids is 2. The lowest BCUT2D eigenvalue weighted by Gasteiger charge is -2.24. The highest BCUT2D eigenvalue weighted by Gasteiger charge is 2.43. The van der Waals surface area contributed by atoms with Crippen LogP contribution in [0.25, 0.3) is 0 Å². The van der Waals surface area contributed by atoms with Crippen molar-refractivity contribution in [2.24, 2.45) is 21.8 Å². The van der Waals surface area contributed by atoms with E-state index in [1.807, 2.05) is 9.80 Å². The summed E-state index contributed by atoms with van der Waals surface area (Å²) in [6.07, 6.45) is -0.166. The molecule has 0 aliphatic carbocycles. The van der Waals surface area contributed by atoms with Crippen LogP contribution in [0.15, 0.2) is 22.2 Å². The molecule has 9 heteroatoms. The molecule has 1 aromatic heterocycles. The minimum Gasteiger partial charge on any atom is -0.340 e. The van der Waals surface area contributed by atoms with E-state index in [0.29, 0.717) is 49.7 Å². The molecule has 0 saturated carbocycles. The average Bonchev–Trinajstić information content (AvgIpc) is 3.26. The van der Waals surface area contributed by atoms with E-state index in [9.17, 15) is 14.0 Å². The zero-order valence-electron chi connectivity index (χ0n) is 13.1. The van der Waals surface area contributed by atoms with Gasteiger partial charge >= 0.3 is 0 Å². The van der Waals surface area contributed by atoms with Crippen LogP contribution < -0.4 is 0 Å². The Labute approximate surface area is 137 Å². The summed E-state index contributed by atoms with van der Waals surface area (Å²) in [5.41, 5.74) is 0.640. The predicted octanol–water partition coefficient (Wildman–Crippen LogP) is 0.109. The number of aliphatic imine (C=N–C) groups is 2. The third-order valence-corrected chi connectivity index (χ3v) is 4.86. The molecule has 2 saturated heterocycles. The standard InChI is InChI=1S/C15H17FN6O2/c1-8-12(16)13(23)19-15(18-8)22-6-9-4-21(5-10(9)7-22)14(24)11-2-3-17-20-11/h2-3,9-10,12H,4-7H2,1H3,(H,17,20). The zero-order valence-corrected chi connectivity index (χ0v) is 13.1. The fourth-order valence-corrected chi connectivity index (χ4v) is 3.58. The molecule has 1 N–H and O–H groups in total. The van der Waals surface area contributed by atoms with E-state index < -0.39 is 12.1 Å². The number of nitrogens with zero attached hydrogens (tertiary/aromatic N) is 5. The van der Waals surface area contributed by atoms with Crippen LogP contribution in [0.2, 0.25) is 0 Å². The maximum atomic E-state index is 13.5. The van der Waals surface area contributed by atoms with Crippen LogP contribution in [0.5, 0.6) is 0 Å². The molecule has 1 aromatic rings. The van der Waals surface area contributed by atoms with Gasteiger partial charge in [0.05, 0.1) is 5.71 Å². The van der Waals surface area contributed by atoms with Gasteiger partial charge in [-0.15, -0.1) is 0 Å². The van der Waals surface area contributed by atoms with Crippen molar-refractivity contribution in [3.8, 4) is 0 Å². The van der Waals surface area contributed by atoms with Crippen LogP contribution in [0.3, 0.4) is 0 Å². The van der Waals surface area contributed by atoms with Gasteiger partial charge in [0.15, 0.2) is 0 Å². The lowest BCUT2D eigenvalue weighted by atomic mass is 10.0. The molecule has 2 amide bonds. The number of amides is 2. The van der Waals surface area contributed by atoms with Crippen molar-refractivity contribution in [3.63, 3.8) is 0 Å².